The van der Waals surface area contributed by atoms with Gasteiger partial charge in [0, 0.05) is 5.92 Å². The summed E-state index contributed by atoms with van der Waals surface area (Å²) in [7, 11) is 0. The lowest BCUT2D eigenvalue weighted by molar-refractivity contribution is 0.0999. The summed E-state index contributed by atoms with van der Waals surface area (Å²) in [5.74, 6) is 4.29. The van der Waals surface area contributed by atoms with Gasteiger partial charge in [-0.1, -0.05) is 80.2 Å². The van der Waals surface area contributed by atoms with Crippen LogP contribution in [0.5, 0.6) is 0 Å². The zero-order chi connectivity index (χ0) is 21.7. The smallest absolute Gasteiger partial charge is 0.00101 e. The first kappa shape index (κ1) is 23.1. The topological polar surface area (TPSA) is 0 Å². The monoisotopic (exact) mass is 404 g/mol. The van der Waals surface area contributed by atoms with Gasteiger partial charge in [-0.25, -0.2) is 0 Å². The molecule has 0 aliphatic heterocycles. The highest BCUT2D eigenvalue weighted by Crippen LogP contribution is 2.49. The minimum absolute atomic E-state index is 0.409. The summed E-state index contributed by atoms with van der Waals surface area (Å²) in [6, 6.07) is 0. The molecule has 0 heterocycles. The van der Waals surface area contributed by atoms with Gasteiger partial charge in [0.15, 0.2) is 0 Å². The average molecular weight is 405 g/mol. The number of hydrogen-bond acceptors (Lipinski definition) is 0. The second-order valence-electron chi connectivity index (χ2n) is 10.2. The van der Waals surface area contributed by atoms with Crippen LogP contribution in [0.3, 0.4) is 0 Å². The normalized spacial score (nSPS) is 30.5. The summed E-state index contributed by atoms with van der Waals surface area (Å²) in [5, 5.41) is 0. The number of fused-ring (bicyclic) bond motifs is 1. The van der Waals surface area contributed by atoms with Gasteiger partial charge in [-0.15, -0.1) is 0 Å². The number of rotatable bonds is 9. The van der Waals surface area contributed by atoms with Gasteiger partial charge in [0.1, 0.15) is 0 Å². The molecule has 3 aliphatic rings. The Morgan fingerprint density at radius 1 is 1.13 bits per heavy atom. The molecule has 1 saturated carbocycles. The highest BCUT2D eigenvalue weighted by atomic mass is 14.4. The van der Waals surface area contributed by atoms with Gasteiger partial charge < -0.3 is 0 Å². The van der Waals surface area contributed by atoms with Crippen molar-refractivity contribution in [3.8, 4) is 0 Å². The van der Waals surface area contributed by atoms with Crippen LogP contribution in [-0.4, -0.2) is 0 Å². The van der Waals surface area contributed by atoms with Gasteiger partial charge in [0.25, 0.3) is 0 Å². The minimum Gasteiger partial charge on any atom is -0.0995 e. The van der Waals surface area contributed by atoms with E-state index >= 15 is 0 Å². The number of allylic oxidation sites excluding steroid dienone is 10. The van der Waals surface area contributed by atoms with Crippen LogP contribution in [-0.2, 0) is 0 Å². The van der Waals surface area contributed by atoms with E-state index in [0.717, 1.165) is 24.2 Å². The summed E-state index contributed by atoms with van der Waals surface area (Å²) >= 11 is 0. The summed E-state index contributed by atoms with van der Waals surface area (Å²) in [5.41, 5.74) is 5.68. The fourth-order valence-electron chi connectivity index (χ4n) is 6.05. The molecule has 0 amide bonds. The van der Waals surface area contributed by atoms with Crippen molar-refractivity contribution in [3.05, 3.63) is 71.9 Å². The van der Waals surface area contributed by atoms with E-state index in [2.05, 4.69) is 77.3 Å². The van der Waals surface area contributed by atoms with E-state index in [0.29, 0.717) is 17.8 Å². The van der Waals surface area contributed by atoms with Gasteiger partial charge in [-0.2, -0.15) is 0 Å². The van der Waals surface area contributed by atoms with E-state index in [1.165, 1.54) is 61.7 Å². The van der Waals surface area contributed by atoms with E-state index in [9.17, 15) is 0 Å². The SMILES string of the molecule is C=C(CC1=CC(CC)CC=C1)C(C)/C(=C/C)C(C[C@H]1CC=CCC2CCC21)C(=C)C. The molecule has 0 heteroatoms. The largest absolute Gasteiger partial charge is 0.0995 e. The Labute approximate surface area is 186 Å². The third-order valence-electron chi connectivity index (χ3n) is 8.28. The molecule has 1 fully saturated rings. The second-order valence-corrected chi connectivity index (χ2v) is 10.2. The molecule has 3 rings (SSSR count). The third kappa shape index (κ3) is 5.37. The molecule has 0 bridgehead atoms. The molecule has 0 radical (unpaired) electrons. The summed E-state index contributed by atoms with van der Waals surface area (Å²) in [6.45, 7) is 18.1. The average Bonchev–Trinajstić information content (AvgIpc) is 2.84. The molecular formula is C30H44. The van der Waals surface area contributed by atoms with Crippen molar-refractivity contribution in [2.75, 3.05) is 0 Å². The fraction of sp³-hybridized carbons (Fsp3) is 0.600. The predicted molar refractivity (Wildman–Crippen MR) is 133 cm³/mol. The van der Waals surface area contributed by atoms with Crippen molar-refractivity contribution in [1.82, 2.24) is 0 Å². The van der Waals surface area contributed by atoms with Gasteiger partial charge in [0.2, 0.25) is 0 Å². The van der Waals surface area contributed by atoms with E-state index in [4.69, 9.17) is 0 Å². The quantitative estimate of drug-likeness (QED) is 0.336. The Hall–Kier alpha value is -1.56. The van der Waals surface area contributed by atoms with Gasteiger partial charge in [0.05, 0.1) is 0 Å². The first-order valence-electron chi connectivity index (χ1n) is 12.5. The maximum atomic E-state index is 4.55. The Bertz CT molecular complexity index is 740. The minimum atomic E-state index is 0.409. The molecule has 0 N–H and O–H groups in total. The summed E-state index contributed by atoms with van der Waals surface area (Å²) in [6.07, 6.45) is 24.6. The molecule has 0 spiro atoms. The van der Waals surface area contributed by atoms with Crippen molar-refractivity contribution < 1.29 is 0 Å². The number of hydrogen-bond donors (Lipinski definition) is 0. The van der Waals surface area contributed by atoms with Gasteiger partial charge in [-0.3, -0.25) is 0 Å². The molecule has 3 aliphatic carbocycles. The molecule has 6 atom stereocenters. The van der Waals surface area contributed by atoms with Crippen LogP contribution in [0.25, 0.3) is 0 Å². The van der Waals surface area contributed by atoms with E-state index < -0.39 is 0 Å². The summed E-state index contributed by atoms with van der Waals surface area (Å²) < 4.78 is 0. The molecule has 0 nitrogen and oxygen atoms in total. The maximum Gasteiger partial charge on any atom is 0.00101 e. The Morgan fingerprint density at radius 2 is 1.90 bits per heavy atom. The Balaban J connectivity index is 1.70. The van der Waals surface area contributed by atoms with Gasteiger partial charge >= 0.3 is 0 Å². The van der Waals surface area contributed by atoms with Crippen molar-refractivity contribution in [2.45, 2.75) is 79.1 Å². The molecule has 164 valence electrons. The maximum absolute atomic E-state index is 4.55. The van der Waals surface area contributed by atoms with Crippen molar-refractivity contribution in [2.24, 2.45) is 35.5 Å². The molecule has 0 aromatic carbocycles. The standard InChI is InChI=1S/C30H44/c1-7-24-12-11-13-25(19-24)18-22(5)23(6)28(8-2)30(21(3)4)20-27-15-10-9-14-26-16-17-29(26)27/h8-11,13,19,23-24,26-27,29-30H,3,5,7,12,14-18,20H2,1-2,4,6H3/b28-8-/t23?,24?,26?,27-,29?,30?/m1/s1. The van der Waals surface area contributed by atoms with Crippen LogP contribution in [0.2, 0.25) is 0 Å². The first-order chi connectivity index (χ1) is 14.4. The van der Waals surface area contributed by atoms with E-state index in [-0.39, 0.29) is 0 Å². The zero-order valence-corrected chi connectivity index (χ0v) is 20.0. The van der Waals surface area contributed by atoms with Gasteiger partial charge in [-0.05, 0) is 100 Å². The van der Waals surface area contributed by atoms with E-state index in [1.54, 1.807) is 5.57 Å². The lowest BCUT2D eigenvalue weighted by atomic mass is 9.63. The van der Waals surface area contributed by atoms with Crippen molar-refractivity contribution in [1.29, 1.82) is 0 Å². The molecule has 0 aromatic rings. The van der Waals surface area contributed by atoms with Crippen LogP contribution in [0.4, 0.5) is 0 Å². The highest BCUT2D eigenvalue weighted by Gasteiger charge is 2.38. The zero-order valence-electron chi connectivity index (χ0n) is 20.0. The van der Waals surface area contributed by atoms with Crippen LogP contribution in [0.1, 0.15) is 79.1 Å². The second kappa shape index (κ2) is 10.7. The lowest BCUT2D eigenvalue weighted by Gasteiger charge is -2.42. The van der Waals surface area contributed by atoms with Crippen LogP contribution in [0, 0.1) is 35.5 Å². The molecule has 0 saturated heterocycles. The molecule has 30 heavy (non-hydrogen) atoms. The lowest BCUT2D eigenvalue weighted by Crippen LogP contribution is -2.33. The Kier molecular flexibility index (Phi) is 8.20. The fourth-order valence-corrected chi connectivity index (χ4v) is 6.05. The molecule has 5 unspecified atom stereocenters. The molecular weight excluding hydrogens is 360 g/mol. The predicted octanol–water partition coefficient (Wildman–Crippen LogP) is 9.00. The van der Waals surface area contributed by atoms with Crippen LogP contribution >= 0.6 is 0 Å². The Morgan fingerprint density at radius 3 is 2.53 bits per heavy atom. The third-order valence-corrected chi connectivity index (χ3v) is 8.28. The molecule has 0 aromatic heterocycles. The highest BCUT2D eigenvalue weighted by molar-refractivity contribution is 5.33. The van der Waals surface area contributed by atoms with Crippen LogP contribution < -0.4 is 0 Å². The van der Waals surface area contributed by atoms with Crippen molar-refractivity contribution >= 4 is 0 Å². The van der Waals surface area contributed by atoms with E-state index in [1.807, 2.05) is 0 Å². The van der Waals surface area contributed by atoms with Crippen LogP contribution in [0.15, 0.2) is 71.9 Å². The van der Waals surface area contributed by atoms with Crippen molar-refractivity contribution in [3.63, 3.8) is 0 Å². The first-order valence-corrected chi connectivity index (χ1v) is 12.5. The summed E-state index contributed by atoms with van der Waals surface area (Å²) in [4.78, 5) is 0.